The van der Waals surface area contributed by atoms with Gasteiger partial charge in [-0.2, -0.15) is 13.2 Å². The molecule has 0 saturated heterocycles. The van der Waals surface area contributed by atoms with Gasteiger partial charge < -0.3 is 16.0 Å². The summed E-state index contributed by atoms with van der Waals surface area (Å²) in [6.45, 7) is -0.343. The number of amides is 2. The van der Waals surface area contributed by atoms with Crippen LogP contribution in [0.15, 0.2) is 49.2 Å². The summed E-state index contributed by atoms with van der Waals surface area (Å²) < 4.78 is 68.0. The largest absolute Gasteiger partial charge is 0.418 e. The Kier molecular flexibility index (Phi) is 6.33. The van der Waals surface area contributed by atoms with Crippen molar-refractivity contribution < 1.29 is 31.5 Å². The molecule has 13 heteroatoms. The fourth-order valence-electron chi connectivity index (χ4n) is 3.27. The Balaban J connectivity index is 1.41. The number of nitrogens with zero attached hydrogens (tertiary/aromatic N) is 3. The zero-order valence-electron chi connectivity index (χ0n) is 17.8. The summed E-state index contributed by atoms with van der Waals surface area (Å²) in [7, 11) is 0. The molecule has 1 saturated carbocycles. The van der Waals surface area contributed by atoms with Gasteiger partial charge >= 0.3 is 6.18 Å². The van der Waals surface area contributed by atoms with E-state index in [0.29, 0.717) is 18.9 Å². The maximum atomic E-state index is 14.5. The Morgan fingerprint density at radius 3 is 2.37 bits per heavy atom. The minimum absolute atomic E-state index is 0.172. The highest BCUT2D eigenvalue weighted by atomic mass is 19.4. The number of nitrogens with one attached hydrogen (secondary N) is 3. The van der Waals surface area contributed by atoms with Gasteiger partial charge in [0.25, 0.3) is 5.91 Å². The van der Waals surface area contributed by atoms with Crippen LogP contribution < -0.4 is 16.0 Å². The van der Waals surface area contributed by atoms with Crippen LogP contribution in [0.2, 0.25) is 0 Å². The van der Waals surface area contributed by atoms with E-state index in [9.17, 15) is 31.5 Å². The van der Waals surface area contributed by atoms with E-state index in [2.05, 4.69) is 30.9 Å². The number of hydrogen-bond donors (Lipinski definition) is 3. The maximum Gasteiger partial charge on any atom is 0.418 e. The van der Waals surface area contributed by atoms with Gasteiger partial charge in [0.1, 0.15) is 23.5 Å². The first-order valence-electron chi connectivity index (χ1n) is 10.2. The third-order valence-corrected chi connectivity index (χ3v) is 5.28. The van der Waals surface area contributed by atoms with Gasteiger partial charge in [0, 0.05) is 18.5 Å². The Morgan fingerprint density at radius 2 is 1.74 bits per heavy atom. The van der Waals surface area contributed by atoms with E-state index in [0.717, 1.165) is 24.4 Å². The van der Waals surface area contributed by atoms with Gasteiger partial charge in [0.05, 0.1) is 40.9 Å². The summed E-state index contributed by atoms with van der Waals surface area (Å²) in [4.78, 5) is 36.2. The van der Waals surface area contributed by atoms with E-state index in [4.69, 9.17) is 0 Å². The van der Waals surface area contributed by atoms with E-state index in [1.807, 2.05) is 0 Å². The molecule has 1 aliphatic rings. The molecule has 3 N–H and O–H groups in total. The number of para-hydroxylation sites is 1. The molecule has 3 aromatic rings. The molecule has 1 fully saturated rings. The fraction of sp³-hybridized carbons (Fsp3) is 0.227. The molecule has 0 atom stereocenters. The van der Waals surface area contributed by atoms with Crippen molar-refractivity contribution in [2.75, 3.05) is 5.32 Å². The Morgan fingerprint density at radius 1 is 1.03 bits per heavy atom. The van der Waals surface area contributed by atoms with Gasteiger partial charge in [0.2, 0.25) is 5.91 Å². The van der Waals surface area contributed by atoms with Crippen LogP contribution in [0.1, 0.15) is 34.5 Å². The summed E-state index contributed by atoms with van der Waals surface area (Å²) in [6, 6.07) is 3.28. The van der Waals surface area contributed by atoms with Crippen molar-refractivity contribution in [3.63, 3.8) is 0 Å². The first kappa shape index (κ1) is 24.0. The van der Waals surface area contributed by atoms with Gasteiger partial charge in [-0.3, -0.25) is 14.6 Å². The number of halogens is 5. The summed E-state index contributed by atoms with van der Waals surface area (Å²) in [5.41, 5.74) is -3.52. The van der Waals surface area contributed by atoms with Gasteiger partial charge in [-0.25, -0.2) is 18.7 Å². The van der Waals surface area contributed by atoms with E-state index >= 15 is 0 Å². The number of anilines is 2. The van der Waals surface area contributed by atoms with Gasteiger partial charge in [-0.15, -0.1) is 0 Å². The highest BCUT2D eigenvalue weighted by molar-refractivity contribution is 6.00. The van der Waals surface area contributed by atoms with E-state index in [1.54, 1.807) is 0 Å². The summed E-state index contributed by atoms with van der Waals surface area (Å²) in [5, 5.41) is 7.31. The van der Waals surface area contributed by atoms with Crippen LogP contribution in [0.3, 0.4) is 0 Å². The zero-order valence-corrected chi connectivity index (χ0v) is 17.8. The molecule has 35 heavy (non-hydrogen) atoms. The van der Waals surface area contributed by atoms with Crippen LogP contribution in [0.25, 0.3) is 0 Å². The van der Waals surface area contributed by atoms with Gasteiger partial charge in [0.15, 0.2) is 0 Å². The normalized spacial score (nSPS) is 14.2. The van der Waals surface area contributed by atoms with Crippen LogP contribution in [0.4, 0.5) is 33.3 Å². The van der Waals surface area contributed by atoms with Gasteiger partial charge in [-0.05, 0) is 25.0 Å². The number of carbonyl (C=O) groups excluding carboxylic acids is 2. The molecule has 0 bridgehead atoms. The predicted octanol–water partition coefficient (Wildman–Crippen LogP) is 3.49. The minimum atomic E-state index is -4.83. The molecular weight excluding hydrogens is 475 g/mol. The van der Waals surface area contributed by atoms with Crippen molar-refractivity contribution in [1.82, 2.24) is 25.6 Å². The van der Waals surface area contributed by atoms with Crippen LogP contribution >= 0.6 is 0 Å². The molecule has 2 amide bonds. The summed E-state index contributed by atoms with van der Waals surface area (Å²) in [6.07, 6.45) is 0.782. The topological polar surface area (TPSA) is 109 Å². The van der Waals surface area contributed by atoms with Crippen molar-refractivity contribution in [1.29, 1.82) is 0 Å². The average Bonchev–Trinajstić information content (AvgIpc) is 3.60. The van der Waals surface area contributed by atoms with Crippen molar-refractivity contribution in [2.45, 2.75) is 31.1 Å². The number of hydrogen-bond acceptors (Lipinski definition) is 6. The molecule has 0 aliphatic heterocycles. The Bertz CT molecular complexity index is 1260. The highest BCUT2D eigenvalue weighted by Crippen LogP contribution is 2.38. The van der Waals surface area contributed by atoms with Crippen LogP contribution in [0.5, 0.6) is 0 Å². The number of benzene rings is 1. The molecule has 2 heterocycles. The molecule has 1 aromatic carbocycles. The standard InChI is InChI=1S/C22H17F5N6O2/c23-15-3-1-2-14(22(25,26)27)18(15)32-13-6-16(24)17(30-9-13)10-31-20(35)21(4-5-21)33-19(34)12-7-28-11-29-8-12/h1-3,6-9,11,32H,4-5,10H2,(H,31,35)(H,33,34). The van der Waals surface area contributed by atoms with Crippen molar-refractivity contribution in [2.24, 2.45) is 0 Å². The van der Waals surface area contributed by atoms with Crippen LogP contribution in [-0.4, -0.2) is 32.3 Å². The molecule has 182 valence electrons. The fourth-order valence-corrected chi connectivity index (χ4v) is 3.27. The predicted molar refractivity (Wildman–Crippen MR) is 112 cm³/mol. The SMILES string of the molecule is O=C(NC1(C(=O)NCc2ncc(Nc3c(F)cccc3C(F)(F)F)cc2F)CC1)c1cncnc1. The lowest BCUT2D eigenvalue weighted by Gasteiger charge is -2.17. The third kappa shape index (κ3) is 5.34. The van der Waals surface area contributed by atoms with E-state index < -0.39 is 46.4 Å². The molecule has 0 unspecified atom stereocenters. The molecule has 8 nitrogen and oxygen atoms in total. The number of rotatable bonds is 7. The third-order valence-electron chi connectivity index (χ3n) is 5.28. The first-order valence-corrected chi connectivity index (χ1v) is 10.2. The quantitative estimate of drug-likeness (QED) is 0.436. The maximum absolute atomic E-state index is 14.5. The minimum Gasteiger partial charge on any atom is -0.351 e. The van der Waals surface area contributed by atoms with Crippen molar-refractivity contribution >= 4 is 23.2 Å². The lowest BCUT2D eigenvalue weighted by Crippen LogP contribution is -2.48. The Labute approximate surface area is 195 Å². The monoisotopic (exact) mass is 492 g/mol. The number of carbonyl (C=O) groups is 2. The van der Waals surface area contributed by atoms with Crippen LogP contribution in [-0.2, 0) is 17.5 Å². The van der Waals surface area contributed by atoms with E-state index in [1.165, 1.54) is 18.7 Å². The molecule has 1 aliphatic carbocycles. The number of alkyl halides is 3. The number of pyridine rings is 1. The molecule has 0 radical (unpaired) electrons. The number of aromatic nitrogens is 3. The second-order valence-electron chi connectivity index (χ2n) is 7.78. The van der Waals surface area contributed by atoms with Crippen molar-refractivity contribution in [3.05, 3.63) is 77.6 Å². The highest BCUT2D eigenvalue weighted by Gasteiger charge is 2.51. The van der Waals surface area contributed by atoms with E-state index in [-0.39, 0.29) is 23.5 Å². The average molecular weight is 492 g/mol. The molecule has 0 spiro atoms. The lowest BCUT2D eigenvalue weighted by atomic mass is 10.1. The second-order valence-corrected chi connectivity index (χ2v) is 7.78. The molecular formula is C22H17F5N6O2. The molecule has 2 aromatic heterocycles. The summed E-state index contributed by atoms with van der Waals surface area (Å²) in [5.74, 6) is -3.19. The first-order chi connectivity index (χ1) is 16.6. The van der Waals surface area contributed by atoms with Crippen molar-refractivity contribution in [3.8, 4) is 0 Å². The molecule has 4 rings (SSSR count). The second kappa shape index (κ2) is 9.24. The zero-order chi connectivity index (χ0) is 25.2. The van der Waals surface area contributed by atoms with Crippen LogP contribution in [0, 0.1) is 11.6 Å². The Hall–Kier alpha value is -4.16. The van der Waals surface area contributed by atoms with Gasteiger partial charge in [-0.1, -0.05) is 6.07 Å². The smallest absolute Gasteiger partial charge is 0.351 e. The lowest BCUT2D eigenvalue weighted by molar-refractivity contribution is -0.137. The summed E-state index contributed by atoms with van der Waals surface area (Å²) >= 11 is 0.